The van der Waals surface area contributed by atoms with E-state index >= 15 is 0 Å². The molecule has 0 atom stereocenters. The van der Waals surface area contributed by atoms with Gasteiger partial charge in [-0.2, -0.15) is 0 Å². The highest BCUT2D eigenvalue weighted by molar-refractivity contribution is 8.14. The lowest BCUT2D eigenvalue weighted by atomic mass is 10.5. The Bertz CT molecular complexity index is 207. The summed E-state index contributed by atoms with van der Waals surface area (Å²) in [5.74, 6) is 0.572. The zero-order chi connectivity index (χ0) is 7.56. The fourth-order valence-electron chi connectivity index (χ4n) is 0.601. The minimum Gasteiger partial charge on any atom is -0.430 e. The number of hydrogen-bond acceptors (Lipinski definition) is 4. The molecule has 0 aromatic rings. The van der Waals surface area contributed by atoms with Crippen LogP contribution in [0.25, 0.3) is 0 Å². The van der Waals surface area contributed by atoms with Crippen LogP contribution in [0.4, 0.5) is 0 Å². The summed E-state index contributed by atoms with van der Waals surface area (Å²) in [6.45, 7) is 1.31. The molecule has 4 heteroatoms. The SMILES string of the molecule is CC(=O)OC1=CC(=O)SC1. The molecule has 0 spiro atoms. The highest BCUT2D eigenvalue weighted by Crippen LogP contribution is 2.19. The summed E-state index contributed by atoms with van der Waals surface area (Å²) in [5, 5.41) is -0.0451. The number of thioether (sulfide) groups is 1. The third-order valence-electron chi connectivity index (χ3n) is 0.910. The molecular formula is C6H6O3S. The Morgan fingerprint density at radius 1 is 1.80 bits per heavy atom. The molecule has 1 heterocycles. The summed E-state index contributed by atoms with van der Waals surface area (Å²) in [6.07, 6.45) is 1.34. The Morgan fingerprint density at radius 2 is 2.50 bits per heavy atom. The van der Waals surface area contributed by atoms with E-state index in [1.165, 1.54) is 13.0 Å². The number of esters is 1. The molecule has 0 fully saturated rings. The quantitative estimate of drug-likeness (QED) is 0.527. The van der Waals surface area contributed by atoms with Crippen LogP contribution in [0.1, 0.15) is 6.92 Å². The Balaban J connectivity index is 2.50. The molecule has 0 saturated carbocycles. The van der Waals surface area contributed by atoms with Gasteiger partial charge in [-0.15, -0.1) is 0 Å². The molecule has 1 aliphatic heterocycles. The van der Waals surface area contributed by atoms with E-state index in [1.54, 1.807) is 0 Å². The van der Waals surface area contributed by atoms with E-state index in [9.17, 15) is 9.59 Å². The van der Waals surface area contributed by atoms with Crippen LogP contribution in [0.3, 0.4) is 0 Å². The average molecular weight is 158 g/mol. The second-order valence-electron chi connectivity index (χ2n) is 1.81. The van der Waals surface area contributed by atoms with E-state index in [4.69, 9.17) is 0 Å². The third-order valence-corrected chi connectivity index (χ3v) is 1.74. The van der Waals surface area contributed by atoms with Crippen LogP contribution in [0.2, 0.25) is 0 Å². The first kappa shape index (κ1) is 7.34. The number of ether oxygens (including phenoxy) is 1. The molecule has 1 aliphatic rings. The third kappa shape index (κ3) is 1.88. The fraction of sp³-hybridized carbons (Fsp3) is 0.333. The number of rotatable bonds is 1. The molecular weight excluding hydrogens is 152 g/mol. The average Bonchev–Trinajstić information content (AvgIpc) is 2.13. The maximum atomic E-state index is 10.5. The van der Waals surface area contributed by atoms with Crippen molar-refractivity contribution in [3.05, 3.63) is 11.8 Å². The van der Waals surface area contributed by atoms with Gasteiger partial charge in [-0.1, -0.05) is 11.8 Å². The fourth-order valence-corrected chi connectivity index (χ4v) is 1.24. The van der Waals surface area contributed by atoms with E-state index in [0.717, 1.165) is 11.8 Å². The lowest BCUT2D eigenvalue weighted by Crippen LogP contribution is -1.97. The van der Waals surface area contributed by atoms with Crippen LogP contribution < -0.4 is 0 Å². The first-order chi connectivity index (χ1) is 4.68. The number of carbonyl (C=O) groups excluding carboxylic acids is 2. The molecule has 0 aromatic carbocycles. The monoisotopic (exact) mass is 158 g/mol. The van der Waals surface area contributed by atoms with Gasteiger partial charge in [0.25, 0.3) is 0 Å². The van der Waals surface area contributed by atoms with Crippen molar-refractivity contribution < 1.29 is 14.3 Å². The number of hydrogen-bond donors (Lipinski definition) is 0. The summed E-state index contributed by atoms with van der Waals surface area (Å²) in [6, 6.07) is 0. The zero-order valence-corrected chi connectivity index (χ0v) is 6.23. The van der Waals surface area contributed by atoms with Crippen molar-refractivity contribution in [2.75, 3.05) is 5.75 Å². The summed E-state index contributed by atoms with van der Waals surface area (Å²) < 4.78 is 4.66. The number of carbonyl (C=O) groups is 2. The van der Waals surface area contributed by atoms with Crippen LogP contribution in [-0.4, -0.2) is 16.8 Å². The van der Waals surface area contributed by atoms with Crippen molar-refractivity contribution >= 4 is 22.8 Å². The molecule has 3 nitrogen and oxygen atoms in total. The highest BCUT2D eigenvalue weighted by Gasteiger charge is 2.14. The van der Waals surface area contributed by atoms with Gasteiger partial charge in [0.05, 0.1) is 5.75 Å². The van der Waals surface area contributed by atoms with E-state index in [2.05, 4.69) is 4.74 Å². The van der Waals surface area contributed by atoms with Crippen LogP contribution in [-0.2, 0) is 14.3 Å². The molecule has 1 rings (SSSR count). The highest BCUT2D eigenvalue weighted by atomic mass is 32.2. The molecule has 0 aromatic heterocycles. The van der Waals surface area contributed by atoms with E-state index in [0.29, 0.717) is 11.5 Å². The van der Waals surface area contributed by atoms with Crippen LogP contribution in [0.5, 0.6) is 0 Å². The van der Waals surface area contributed by atoms with Crippen LogP contribution >= 0.6 is 11.8 Å². The van der Waals surface area contributed by atoms with Crippen molar-refractivity contribution in [2.45, 2.75) is 6.92 Å². The Kier molecular flexibility index (Phi) is 2.11. The second kappa shape index (κ2) is 2.88. The normalized spacial score (nSPS) is 16.9. The van der Waals surface area contributed by atoms with Gasteiger partial charge in [0, 0.05) is 13.0 Å². The lowest BCUT2D eigenvalue weighted by molar-refractivity contribution is -0.136. The Hall–Kier alpha value is -0.770. The van der Waals surface area contributed by atoms with Gasteiger partial charge in [-0.05, 0) is 0 Å². The molecule has 0 saturated heterocycles. The van der Waals surface area contributed by atoms with Gasteiger partial charge in [0.2, 0.25) is 5.12 Å². The van der Waals surface area contributed by atoms with Gasteiger partial charge >= 0.3 is 5.97 Å². The molecule has 10 heavy (non-hydrogen) atoms. The molecule has 0 bridgehead atoms. The summed E-state index contributed by atoms with van der Waals surface area (Å²) in [5.41, 5.74) is 0. The smallest absolute Gasteiger partial charge is 0.307 e. The summed E-state index contributed by atoms with van der Waals surface area (Å²) in [7, 11) is 0. The first-order valence-corrected chi connectivity index (χ1v) is 3.73. The van der Waals surface area contributed by atoms with E-state index in [1.807, 2.05) is 0 Å². The van der Waals surface area contributed by atoms with Crippen molar-refractivity contribution in [3.8, 4) is 0 Å². The zero-order valence-electron chi connectivity index (χ0n) is 5.42. The van der Waals surface area contributed by atoms with Crippen molar-refractivity contribution in [3.63, 3.8) is 0 Å². The molecule has 0 aliphatic carbocycles. The predicted octanol–water partition coefficient (Wildman–Crippen LogP) is 0.707. The summed E-state index contributed by atoms with van der Waals surface area (Å²) in [4.78, 5) is 20.9. The van der Waals surface area contributed by atoms with Crippen LogP contribution in [0.15, 0.2) is 11.8 Å². The van der Waals surface area contributed by atoms with Gasteiger partial charge in [-0.3, -0.25) is 9.59 Å². The Labute approximate surface area is 62.4 Å². The molecule has 54 valence electrons. The molecule has 0 unspecified atom stereocenters. The molecule has 0 N–H and O–H groups in total. The standard InChI is InChI=1S/C6H6O3S/c1-4(7)9-5-2-6(8)10-3-5/h2H,3H2,1H3. The van der Waals surface area contributed by atoms with Gasteiger partial charge in [0.1, 0.15) is 5.76 Å². The van der Waals surface area contributed by atoms with Crippen LogP contribution in [0, 0.1) is 0 Å². The maximum absolute atomic E-state index is 10.5. The van der Waals surface area contributed by atoms with Gasteiger partial charge < -0.3 is 4.74 Å². The largest absolute Gasteiger partial charge is 0.430 e. The minimum absolute atomic E-state index is 0.0451. The lowest BCUT2D eigenvalue weighted by Gasteiger charge is -1.96. The first-order valence-electron chi connectivity index (χ1n) is 2.74. The van der Waals surface area contributed by atoms with Crippen molar-refractivity contribution in [2.24, 2.45) is 0 Å². The Morgan fingerprint density at radius 3 is 2.90 bits per heavy atom. The minimum atomic E-state index is -0.374. The van der Waals surface area contributed by atoms with E-state index in [-0.39, 0.29) is 11.1 Å². The van der Waals surface area contributed by atoms with Crippen molar-refractivity contribution in [1.82, 2.24) is 0 Å². The van der Waals surface area contributed by atoms with Gasteiger partial charge in [0.15, 0.2) is 0 Å². The second-order valence-corrected chi connectivity index (χ2v) is 2.79. The topological polar surface area (TPSA) is 43.4 Å². The molecule has 0 radical (unpaired) electrons. The maximum Gasteiger partial charge on any atom is 0.307 e. The van der Waals surface area contributed by atoms with Gasteiger partial charge in [-0.25, -0.2) is 0 Å². The summed E-state index contributed by atoms with van der Waals surface area (Å²) >= 11 is 1.14. The van der Waals surface area contributed by atoms with E-state index < -0.39 is 0 Å². The molecule has 0 amide bonds. The predicted molar refractivity (Wildman–Crippen MR) is 37.3 cm³/mol. The van der Waals surface area contributed by atoms with Crippen molar-refractivity contribution in [1.29, 1.82) is 0 Å².